The highest BCUT2D eigenvalue weighted by molar-refractivity contribution is 5.99. The number of amides is 2. The maximum absolute atomic E-state index is 13.7. The summed E-state index contributed by atoms with van der Waals surface area (Å²) in [6, 6.07) is 13.7. The number of nitrogens with zero attached hydrogens (tertiary/aromatic N) is 2. The minimum atomic E-state index is -2.92. The van der Waals surface area contributed by atoms with Crippen molar-refractivity contribution < 1.29 is 18.4 Å². The Morgan fingerprint density at radius 3 is 2.37 bits per heavy atom. The standard InChI is InChI=1S/C24H26F2N2O2/c1-16(2)27-15-21(29)28(14-17-8-10-19(11-9-17)23(3,25)26)24(22(27)30)13-12-18-6-4-5-7-20(18)24/h4-11,16H,12-15H2,1-3H3. The zero-order valence-electron chi connectivity index (χ0n) is 17.5. The number of piperazine rings is 1. The number of benzene rings is 2. The maximum Gasteiger partial charge on any atom is 0.270 e. The quantitative estimate of drug-likeness (QED) is 0.755. The number of fused-ring (bicyclic) bond motifs is 2. The van der Waals surface area contributed by atoms with Crippen molar-refractivity contribution in [2.75, 3.05) is 6.54 Å². The van der Waals surface area contributed by atoms with Crippen LogP contribution < -0.4 is 0 Å². The average molecular weight is 412 g/mol. The molecule has 2 aliphatic rings. The lowest BCUT2D eigenvalue weighted by Gasteiger charge is -2.49. The first-order valence-electron chi connectivity index (χ1n) is 10.3. The average Bonchev–Trinajstić information content (AvgIpc) is 3.08. The minimum Gasteiger partial charge on any atom is -0.329 e. The third-order valence-corrected chi connectivity index (χ3v) is 6.33. The van der Waals surface area contributed by atoms with Crippen LogP contribution in [0.3, 0.4) is 0 Å². The lowest BCUT2D eigenvalue weighted by atomic mass is 9.84. The third kappa shape index (κ3) is 3.18. The van der Waals surface area contributed by atoms with Crippen molar-refractivity contribution in [3.63, 3.8) is 0 Å². The Balaban J connectivity index is 1.76. The first-order valence-corrected chi connectivity index (χ1v) is 10.3. The van der Waals surface area contributed by atoms with E-state index in [1.165, 1.54) is 12.1 Å². The smallest absolute Gasteiger partial charge is 0.270 e. The molecule has 0 bridgehead atoms. The van der Waals surface area contributed by atoms with Crippen LogP contribution in [0, 0.1) is 0 Å². The molecule has 1 aliphatic carbocycles. The summed E-state index contributed by atoms with van der Waals surface area (Å²) < 4.78 is 27.1. The van der Waals surface area contributed by atoms with Crippen molar-refractivity contribution in [2.45, 2.75) is 57.7 Å². The minimum absolute atomic E-state index is 0.0333. The Kier molecular flexibility index (Phi) is 4.91. The predicted molar refractivity (Wildman–Crippen MR) is 110 cm³/mol. The number of hydrogen-bond donors (Lipinski definition) is 0. The van der Waals surface area contributed by atoms with Crippen LogP contribution in [0.5, 0.6) is 0 Å². The van der Waals surface area contributed by atoms with Gasteiger partial charge in [-0.15, -0.1) is 0 Å². The van der Waals surface area contributed by atoms with Crippen LogP contribution in [0.15, 0.2) is 48.5 Å². The van der Waals surface area contributed by atoms with Gasteiger partial charge >= 0.3 is 0 Å². The predicted octanol–water partition coefficient (Wildman–Crippen LogP) is 4.22. The second-order valence-corrected chi connectivity index (χ2v) is 8.61. The van der Waals surface area contributed by atoms with Crippen LogP contribution >= 0.6 is 0 Å². The number of carbonyl (C=O) groups is 2. The van der Waals surface area contributed by atoms with Crippen molar-refractivity contribution in [1.82, 2.24) is 9.80 Å². The van der Waals surface area contributed by atoms with E-state index in [9.17, 15) is 18.4 Å². The van der Waals surface area contributed by atoms with Crippen LogP contribution in [0.4, 0.5) is 8.78 Å². The first kappa shape index (κ1) is 20.5. The van der Waals surface area contributed by atoms with Gasteiger partial charge in [-0.1, -0.05) is 48.5 Å². The molecule has 4 rings (SSSR count). The van der Waals surface area contributed by atoms with E-state index in [0.717, 1.165) is 30.0 Å². The van der Waals surface area contributed by atoms with E-state index < -0.39 is 11.5 Å². The lowest BCUT2D eigenvalue weighted by Crippen LogP contribution is -2.66. The van der Waals surface area contributed by atoms with Crippen LogP contribution in [0.1, 0.15) is 49.4 Å². The molecule has 1 unspecified atom stereocenters. The van der Waals surface area contributed by atoms with Crippen molar-refractivity contribution >= 4 is 11.8 Å². The van der Waals surface area contributed by atoms with Gasteiger partial charge in [-0.3, -0.25) is 9.59 Å². The molecule has 1 atom stereocenters. The fourth-order valence-electron chi connectivity index (χ4n) is 4.69. The fourth-order valence-corrected chi connectivity index (χ4v) is 4.69. The van der Waals surface area contributed by atoms with E-state index in [-0.39, 0.29) is 36.5 Å². The van der Waals surface area contributed by atoms with E-state index in [1.807, 2.05) is 38.1 Å². The van der Waals surface area contributed by atoms with Crippen molar-refractivity contribution in [1.29, 1.82) is 0 Å². The second-order valence-electron chi connectivity index (χ2n) is 8.61. The first-order chi connectivity index (χ1) is 14.1. The van der Waals surface area contributed by atoms with E-state index in [1.54, 1.807) is 21.9 Å². The molecule has 2 amide bonds. The molecule has 1 aliphatic heterocycles. The monoisotopic (exact) mass is 412 g/mol. The van der Waals surface area contributed by atoms with Gasteiger partial charge in [-0.05, 0) is 43.4 Å². The molecule has 0 saturated carbocycles. The molecule has 6 heteroatoms. The largest absolute Gasteiger partial charge is 0.329 e. The zero-order chi connectivity index (χ0) is 21.7. The molecule has 1 heterocycles. The fraction of sp³-hybridized carbons (Fsp3) is 0.417. The Bertz CT molecular complexity index is 981. The molecule has 1 spiro atoms. The Hall–Kier alpha value is -2.76. The molecule has 0 radical (unpaired) electrons. The van der Waals surface area contributed by atoms with Gasteiger partial charge in [-0.2, -0.15) is 0 Å². The highest BCUT2D eigenvalue weighted by atomic mass is 19.3. The van der Waals surface area contributed by atoms with Gasteiger partial charge in [0.05, 0.1) is 0 Å². The Morgan fingerprint density at radius 2 is 1.73 bits per heavy atom. The summed E-state index contributed by atoms with van der Waals surface area (Å²) in [5.41, 5.74) is 1.58. The summed E-state index contributed by atoms with van der Waals surface area (Å²) in [7, 11) is 0. The normalized spacial score (nSPS) is 21.7. The lowest BCUT2D eigenvalue weighted by molar-refractivity contribution is -0.168. The van der Waals surface area contributed by atoms with Gasteiger partial charge in [0, 0.05) is 25.1 Å². The zero-order valence-corrected chi connectivity index (χ0v) is 17.5. The van der Waals surface area contributed by atoms with Gasteiger partial charge in [-0.25, -0.2) is 8.78 Å². The molecule has 30 heavy (non-hydrogen) atoms. The van der Waals surface area contributed by atoms with Crippen LogP contribution in [0.2, 0.25) is 0 Å². The maximum atomic E-state index is 13.7. The van der Waals surface area contributed by atoms with Gasteiger partial charge in [0.2, 0.25) is 5.91 Å². The molecule has 1 saturated heterocycles. The molecule has 158 valence electrons. The number of hydrogen-bond acceptors (Lipinski definition) is 2. The van der Waals surface area contributed by atoms with Gasteiger partial charge < -0.3 is 9.80 Å². The summed E-state index contributed by atoms with van der Waals surface area (Å²) in [5.74, 6) is -3.10. The third-order valence-electron chi connectivity index (χ3n) is 6.33. The van der Waals surface area contributed by atoms with E-state index in [4.69, 9.17) is 0 Å². The highest BCUT2D eigenvalue weighted by Crippen LogP contribution is 2.46. The van der Waals surface area contributed by atoms with Crippen molar-refractivity contribution in [3.8, 4) is 0 Å². The van der Waals surface area contributed by atoms with Gasteiger partial charge in [0.25, 0.3) is 11.8 Å². The SMILES string of the molecule is CC(C)N1CC(=O)N(Cc2ccc(C(C)(F)F)cc2)C2(CCc3ccccc32)C1=O. The summed E-state index contributed by atoms with van der Waals surface area (Å²) in [5, 5.41) is 0. The van der Waals surface area contributed by atoms with E-state index in [2.05, 4.69) is 0 Å². The van der Waals surface area contributed by atoms with E-state index in [0.29, 0.717) is 6.42 Å². The van der Waals surface area contributed by atoms with Crippen molar-refractivity contribution in [2.24, 2.45) is 0 Å². The molecule has 1 fully saturated rings. The van der Waals surface area contributed by atoms with Crippen LogP contribution in [-0.4, -0.2) is 34.2 Å². The topological polar surface area (TPSA) is 40.6 Å². The Morgan fingerprint density at radius 1 is 1.07 bits per heavy atom. The molecule has 4 nitrogen and oxygen atoms in total. The number of aryl methyl sites for hydroxylation is 1. The second kappa shape index (κ2) is 7.18. The molecular formula is C24H26F2N2O2. The molecular weight excluding hydrogens is 386 g/mol. The summed E-state index contributed by atoms with van der Waals surface area (Å²) in [6.07, 6.45) is 1.25. The molecule has 0 aromatic heterocycles. The number of rotatable bonds is 4. The summed E-state index contributed by atoms with van der Waals surface area (Å²) in [6.45, 7) is 4.93. The van der Waals surface area contributed by atoms with Crippen LogP contribution in [-0.2, 0) is 34.0 Å². The number of alkyl halides is 2. The highest BCUT2D eigenvalue weighted by Gasteiger charge is 2.56. The summed E-state index contributed by atoms with van der Waals surface area (Å²) in [4.78, 5) is 30.3. The van der Waals surface area contributed by atoms with E-state index >= 15 is 0 Å². The van der Waals surface area contributed by atoms with Gasteiger partial charge in [0.1, 0.15) is 12.1 Å². The number of halogens is 2. The summed E-state index contributed by atoms with van der Waals surface area (Å²) >= 11 is 0. The van der Waals surface area contributed by atoms with Crippen molar-refractivity contribution in [3.05, 3.63) is 70.8 Å². The molecule has 0 N–H and O–H groups in total. The molecule has 2 aromatic rings. The molecule has 2 aromatic carbocycles. The van der Waals surface area contributed by atoms with Gasteiger partial charge in [0.15, 0.2) is 0 Å². The number of carbonyl (C=O) groups excluding carboxylic acids is 2. The van der Waals surface area contributed by atoms with Crippen LogP contribution in [0.25, 0.3) is 0 Å². The Labute approximate surface area is 175 Å².